The maximum atomic E-state index is 11.1. The van der Waals surface area contributed by atoms with Crippen molar-refractivity contribution in [2.24, 2.45) is 0 Å². The summed E-state index contributed by atoms with van der Waals surface area (Å²) in [6, 6.07) is 0. The number of carbonyl (C=O) groups excluding carboxylic acids is 1. The van der Waals surface area contributed by atoms with Crippen LogP contribution in [0.3, 0.4) is 0 Å². The second-order valence-corrected chi connectivity index (χ2v) is 5.75. The van der Waals surface area contributed by atoms with Crippen LogP contribution in [0, 0.1) is 0 Å². The minimum atomic E-state index is -0.399. The Kier molecular flexibility index (Phi) is 18.9. The van der Waals surface area contributed by atoms with Crippen molar-refractivity contribution in [2.75, 3.05) is 77.1 Å². The molecule has 0 rings (SSSR count). The molecule has 0 aromatic heterocycles. The van der Waals surface area contributed by atoms with E-state index in [0.717, 1.165) is 11.0 Å². The quantitative estimate of drug-likeness (QED) is 0.101. The van der Waals surface area contributed by atoms with E-state index in [1.807, 2.05) is 0 Å². The molecule has 0 unspecified atom stereocenters. The van der Waals surface area contributed by atoms with E-state index >= 15 is 0 Å². The Hall–Kier alpha value is -0.260. The highest BCUT2D eigenvalue weighted by Gasteiger charge is 2.01. The number of hydrogen-bond acceptors (Lipinski definition) is 7. The van der Waals surface area contributed by atoms with Crippen molar-refractivity contribution in [3.8, 4) is 0 Å². The van der Waals surface area contributed by atoms with Gasteiger partial charge in [0.05, 0.1) is 66.1 Å². The molecule has 0 N–H and O–H groups in total. The Morgan fingerprint density at radius 3 is 1.38 bits per heavy atom. The van der Waals surface area contributed by atoms with Gasteiger partial charge < -0.3 is 28.4 Å². The summed E-state index contributed by atoms with van der Waals surface area (Å²) in [7, 11) is 0. The highest BCUT2D eigenvalue weighted by Crippen LogP contribution is 1.91. The van der Waals surface area contributed by atoms with E-state index in [4.69, 9.17) is 28.4 Å². The largest absolute Gasteiger partial charge is 0.460 e. The normalized spacial score (nSPS) is 10.8. The Morgan fingerprint density at radius 1 is 0.708 bits per heavy atom. The number of hydrogen-bond donors (Lipinski definition) is 0. The van der Waals surface area contributed by atoms with Gasteiger partial charge in [-0.25, -0.2) is 4.79 Å². The number of carbonyl (C=O) groups is 1. The van der Waals surface area contributed by atoms with Crippen LogP contribution in [-0.2, 0) is 33.2 Å². The first kappa shape index (κ1) is 23.7. The van der Waals surface area contributed by atoms with Crippen molar-refractivity contribution in [3.63, 3.8) is 0 Å². The predicted octanol–water partition coefficient (Wildman–Crippen LogP) is 1.62. The lowest BCUT2D eigenvalue weighted by Crippen LogP contribution is -2.15. The van der Waals surface area contributed by atoms with Crippen LogP contribution in [0.1, 0.15) is 6.92 Å². The molecule has 142 valence electrons. The third-order valence-electron chi connectivity index (χ3n) is 2.52. The lowest BCUT2D eigenvalue weighted by molar-refractivity contribution is -0.140. The molecule has 0 bridgehead atoms. The predicted molar refractivity (Wildman–Crippen MR) is 98.8 cm³/mol. The molecule has 0 aromatic carbocycles. The minimum Gasteiger partial charge on any atom is -0.460 e. The van der Waals surface area contributed by atoms with Gasteiger partial charge >= 0.3 is 5.97 Å². The zero-order chi connectivity index (χ0) is 17.9. The Balaban J connectivity index is 3.05. The Bertz CT molecular complexity index is 313. The van der Waals surface area contributed by atoms with Crippen molar-refractivity contribution in [1.29, 1.82) is 0 Å². The van der Waals surface area contributed by atoms with Crippen LogP contribution in [0.25, 0.3) is 0 Å². The van der Waals surface area contributed by atoms with Crippen molar-refractivity contribution in [3.05, 3.63) is 12.2 Å². The van der Waals surface area contributed by atoms with E-state index in [-0.39, 0.29) is 6.61 Å². The molecule has 0 heterocycles. The number of halogens is 1. The summed E-state index contributed by atoms with van der Waals surface area (Å²) in [4.78, 5) is 11.1. The van der Waals surface area contributed by atoms with E-state index in [1.165, 1.54) is 0 Å². The number of esters is 1. The molecule has 0 radical (unpaired) electrons. The Labute approximate surface area is 158 Å². The van der Waals surface area contributed by atoms with E-state index in [9.17, 15) is 4.79 Å². The van der Waals surface area contributed by atoms with Gasteiger partial charge in [-0.3, -0.25) is 0 Å². The van der Waals surface area contributed by atoms with Crippen LogP contribution in [0.5, 0.6) is 0 Å². The van der Waals surface area contributed by atoms with Crippen molar-refractivity contribution >= 4 is 28.6 Å². The van der Waals surface area contributed by atoms with Crippen LogP contribution in [-0.4, -0.2) is 83.1 Å². The SMILES string of the molecule is C=C(C)C(=O)OCCOCCOCCOCCOCCOCCI. The van der Waals surface area contributed by atoms with Crippen LogP contribution < -0.4 is 0 Å². The standard InChI is InChI=1S/C16H29IO7/c1-15(2)16(18)24-14-13-23-12-11-22-10-9-21-8-7-20-6-5-19-4-3-17/h1,3-14H2,2H3. The van der Waals surface area contributed by atoms with Gasteiger partial charge in [0.2, 0.25) is 0 Å². The molecular formula is C16H29IO7. The molecule has 0 atom stereocenters. The Morgan fingerprint density at radius 2 is 1.04 bits per heavy atom. The fourth-order valence-electron chi connectivity index (χ4n) is 1.35. The zero-order valence-electron chi connectivity index (χ0n) is 14.4. The van der Waals surface area contributed by atoms with Crippen LogP contribution in [0.4, 0.5) is 0 Å². The summed E-state index contributed by atoms with van der Waals surface area (Å²) < 4.78 is 32.4. The lowest BCUT2D eigenvalue weighted by Gasteiger charge is -2.08. The van der Waals surface area contributed by atoms with Gasteiger partial charge in [0.15, 0.2) is 0 Å². The van der Waals surface area contributed by atoms with Crippen molar-refractivity contribution < 1.29 is 33.2 Å². The highest BCUT2D eigenvalue weighted by atomic mass is 127. The third-order valence-corrected chi connectivity index (χ3v) is 2.96. The summed E-state index contributed by atoms with van der Waals surface area (Å²) in [5.74, 6) is -0.399. The number of rotatable bonds is 18. The number of alkyl halides is 1. The van der Waals surface area contributed by atoms with Gasteiger partial charge in [-0.15, -0.1) is 0 Å². The number of ether oxygens (including phenoxy) is 6. The summed E-state index contributed by atoms with van der Waals surface area (Å²) >= 11 is 2.27. The average molecular weight is 460 g/mol. The van der Waals surface area contributed by atoms with Crippen molar-refractivity contribution in [2.45, 2.75) is 6.92 Å². The molecule has 0 spiro atoms. The molecule has 0 aliphatic heterocycles. The highest BCUT2D eigenvalue weighted by molar-refractivity contribution is 14.1. The van der Waals surface area contributed by atoms with Crippen molar-refractivity contribution in [1.82, 2.24) is 0 Å². The van der Waals surface area contributed by atoms with E-state index in [1.54, 1.807) is 6.92 Å². The molecule has 0 aromatic rings. The fraction of sp³-hybridized carbons (Fsp3) is 0.812. The maximum absolute atomic E-state index is 11.1. The second kappa shape index (κ2) is 19.1. The van der Waals surface area contributed by atoms with Crippen LogP contribution >= 0.6 is 22.6 Å². The molecule has 0 amide bonds. The zero-order valence-corrected chi connectivity index (χ0v) is 16.6. The van der Waals surface area contributed by atoms with E-state index in [2.05, 4.69) is 29.2 Å². The first-order valence-corrected chi connectivity index (χ1v) is 9.48. The molecular weight excluding hydrogens is 431 g/mol. The topological polar surface area (TPSA) is 72.5 Å². The molecule has 0 saturated carbocycles. The van der Waals surface area contributed by atoms with Crippen LogP contribution in [0.2, 0.25) is 0 Å². The van der Waals surface area contributed by atoms with Gasteiger partial charge in [-0.2, -0.15) is 0 Å². The first-order valence-electron chi connectivity index (χ1n) is 7.95. The average Bonchev–Trinajstić information content (AvgIpc) is 2.57. The van der Waals surface area contributed by atoms with Gasteiger partial charge in [-0.05, 0) is 6.92 Å². The summed E-state index contributed by atoms with van der Waals surface area (Å²) in [5, 5.41) is 0. The van der Waals surface area contributed by atoms with Crippen LogP contribution in [0.15, 0.2) is 12.2 Å². The van der Waals surface area contributed by atoms with E-state index < -0.39 is 5.97 Å². The van der Waals surface area contributed by atoms with Gasteiger partial charge in [0.25, 0.3) is 0 Å². The molecule has 0 aliphatic carbocycles. The van der Waals surface area contributed by atoms with E-state index in [0.29, 0.717) is 65.0 Å². The summed E-state index contributed by atoms with van der Waals surface area (Å²) in [6.45, 7) is 10.7. The molecule has 0 aliphatic rings. The summed E-state index contributed by atoms with van der Waals surface area (Å²) in [5.41, 5.74) is 0.383. The first-order chi connectivity index (χ1) is 11.7. The lowest BCUT2D eigenvalue weighted by atomic mass is 10.4. The molecule has 8 heteroatoms. The smallest absolute Gasteiger partial charge is 0.333 e. The van der Waals surface area contributed by atoms with Gasteiger partial charge in [0.1, 0.15) is 6.61 Å². The second-order valence-electron chi connectivity index (χ2n) is 4.67. The fourth-order valence-corrected chi connectivity index (χ4v) is 1.66. The third kappa shape index (κ3) is 18.1. The minimum absolute atomic E-state index is 0.220. The molecule has 24 heavy (non-hydrogen) atoms. The molecule has 7 nitrogen and oxygen atoms in total. The maximum Gasteiger partial charge on any atom is 0.333 e. The monoisotopic (exact) mass is 460 g/mol. The molecule has 0 fully saturated rings. The summed E-state index contributed by atoms with van der Waals surface area (Å²) in [6.07, 6.45) is 0. The van der Waals surface area contributed by atoms with Gasteiger partial charge in [-0.1, -0.05) is 29.2 Å². The van der Waals surface area contributed by atoms with Gasteiger partial charge in [0, 0.05) is 10.0 Å². The molecule has 0 saturated heterocycles.